The molecule has 1 aromatic rings. The van der Waals surface area contributed by atoms with Gasteiger partial charge in [-0.1, -0.05) is 19.3 Å². The summed E-state index contributed by atoms with van der Waals surface area (Å²) in [7, 11) is 0. The smallest absolute Gasteiger partial charge is 0.134 e. The SMILES string of the molecule is OCCC1CN(c2cc(N3CCCCC3)ncn2)CCN1C1CCCCC1. The molecule has 1 aliphatic carbocycles. The zero-order valence-electron chi connectivity index (χ0n) is 16.6. The van der Waals surface area contributed by atoms with Crippen molar-refractivity contribution in [1.82, 2.24) is 14.9 Å². The Hall–Kier alpha value is -1.40. The Morgan fingerprint density at radius 2 is 1.56 bits per heavy atom. The number of piperazine rings is 1. The molecule has 0 radical (unpaired) electrons. The minimum Gasteiger partial charge on any atom is -0.396 e. The third kappa shape index (κ3) is 4.54. The third-order valence-corrected chi connectivity index (χ3v) is 6.68. The molecule has 3 heterocycles. The lowest BCUT2D eigenvalue weighted by Crippen LogP contribution is -2.57. The van der Waals surface area contributed by atoms with Crippen molar-refractivity contribution in [2.75, 3.05) is 49.1 Å². The molecule has 3 aliphatic rings. The van der Waals surface area contributed by atoms with Crippen LogP contribution in [0, 0.1) is 0 Å². The van der Waals surface area contributed by atoms with Crippen LogP contribution in [0.1, 0.15) is 57.8 Å². The highest BCUT2D eigenvalue weighted by Gasteiger charge is 2.33. The molecule has 0 aromatic carbocycles. The number of hydrogen-bond acceptors (Lipinski definition) is 6. The third-order valence-electron chi connectivity index (χ3n) is 6.68. The van der Waals surface area contributed by atoms with E-state index in [1.54, 1.807) is 6.33 Å². The first-order valence-corrected chi connectivity index (χ1v) is 11.0. The van der Waals surface area contributed by atoms with E-state index in [4.69, 9.17) is 0 Å². The minimum absolute atomic E-state index is 0.268. The van der Waals surface area contributed by atoms with Crippen LogP contribution in [0.3, 0.4) is 0 Å². The molecule has 0 spiro atoms. The van der Waals surface area contributed by atoms with Gasteiger partial charge in [-0.3, -0.25) is 4.90 Å². The van der Waals surface area contributed by atoms with Crippen LogP contribution in [0.15, 0.2) is 12.4 Å². The second kappa shape index (κ2) is 9.20. The Bertz CT molecular complexity index is 586. The largest absolute Gasteiger partial charge is 0.396 e. The average Bonchev–Trinajstić information content (AvgIpc) is 2.75. The second-order valence-corrected chi connectivity index (χ2v) is 8.42. The van der Waals surface area contributed by atoms with Gasteiger partial charge in [0.2, 0.25) is 0 Å². The monoisotopic (exact) mass is 373 g/mol. The summed E-state index contributed by atoms with van der Waals surface area (Å²) in [4.78, 5) is 16.6. The van der Waals surface area contributed by atoms with Crippen LogP contribution in [0.2, 0.25) is 0 Å². The molecule has 27 heavy (non-hydrogen) atoms. The van der Waals surface area contributed by atoms with Crippen LogP contribution in [0.4, 0.5) is 11.6 Å². The van der Waals surface area contributed by atoms with E-state index in [0.29, 0.717) is 12.1 Å². The summed E-state index contributed by atoms with van der Waals surface area (Å²) in [6.45, 7) is 5.56. The molecule has 6 heteroatoms. The first-order chi connectivity index (χ1) is 13.3. The van der Waals surface area contributed by atoms with Crippen LogP contribution < -0.4 is 9.80 Å². The molecular formula is C21H35N5O. The first kappa shape index (κ1) is 18.9. The van der Waals surface area contributed by atoms with Crippen molar-refractivity contribution >= 4 is 11.6 Å². The summed E-state index contributed by atoms with van der Waals surface area (Å²) in [5.41, 5.74) is 0. The van der Waals surface area contributed by atoms with Gasteiger partial charge in [-0.25, -0.2) is 9.97 Å². The summed E-state index contributed by atoms with van der Waals surface area (Å²) in [6.07, 6.45) is 13.2. The van der Waals surface area contributed by atoms with E-state index in [0.717, 1.165) is 50.8 Å². The molecule has 4 rings (SSSR count). The summed E-state index contributed by atoms with van der Waals surface area (Å²) >= 11 is 0. The molecule has 0 amide bonds. The highest BCUT2D eigenvalue weighted by Crippen LogP contribution is 2.29. The fourth-order valence-electron chi connectivity index (χ4n) is 5.18. The lowest BCUT2D eigenvalue weighted by atomic mass is 9.92. The van der Waals surface area contributed by atoms with Crippen LogP contribution in [-0.2, 0) is 0 Å². The van der Waals surface area contributed by atoms with Gasteiger partial charge in [-0.15, -0.1) is 0 Å². The predicted octanol–water partition coefficient (Wildman–Crippen LogP) is 2.67. The van der Waals surface area contributed by atoms with E-state index in [2.05, 4.69) is 30.7 Å². The van der Waals surface area contributed by atoms with Crippen molar-refractivity contribution in [3.8, 4) is 0 Å². The number of anilines is 2. The van der Waals surface area contributed by atoms with Crippen molar-refractivity contribution in [3.05, 3.63) is 12.4 Å². The lowest BCUT2D eigenvalue weighted by Gasteiger charge is -2.46. The summed E-state index contributed by atoms with van der Waals surface area (Å²) in [5.74, 6) is 2.13. The number of aliphatic hydroxyl groups excluding tert-OH is 1. The molecule has 3 fully saturated rings. The second-order valence-electron chi connectivity index (χ2n) is 8.42. The molecule has 1 atom stereocenters. The Labute approximate surface area is 163 Å². The van der Waals surface area contributed by atoms with E-state index in [1.165, 1.54) is 51.4 Å². The van der Waals surface area contributed by atoms with Crippen LogP contribution in [0.25, 0.3) is 0 Å². The highest BCUT2D eigenvalue weighted by atomic mass is 16.3. The number of rotatable bonds is 5. The maximum Gasteiger partial charge on any atom is 0.134 e. The summed E-state index contributed by atoms with van der Waals surface area (Å²) in [6, 6.07) is 3.32. The van der Waals surface area contributed by atoms with Gasteiger partial charge >= 0.3 is 0 Å². The molecule has 150 valence electrons. The van der Waals surface area contributed by atoms with Crippen LogP contribution >= 0.6 is 0 Å². The van der Waals surface area contributed by atoms with Gasteiger partial charge in [0.1, 0.15) is 18.0 Å². The molecule has 0 bridgehead atoms. The van der Waals surface area contributed by atoms with Gasteiger partial charge < -0.3 is 14.9 Å². The molecule has 2 aliphatic heterocycles. The summed E-state index contributed by atoms with van der Waals surface area (Å²) in [5, 5.41) is 9.63. The zero-order valence-corrected chi connectivity index (χ0v) is 16.6. The molecule has 1 N–H and O–H groups in total. The van der Waals surface area contributed by atoms with E-state index < -0.39 is 0 Å². The van der Waals surface area contributed by atoms with Crippen molar-refractivity contribution < 1.29 is 5.11 Å². The Morgan fingerprint density at radius 1 is 0.852 bits per heavy atom. The average molecular weight is 374 g/mol. The predicted molar refractivity (Wildman–Crippen MR) is 109 cm³/mol. The van der Waals surface area contributed by atoms with E-state index in [1.807, 2.05) is 0 Å². The fourth-order valence-corrected chi connectivity index (χ4v) is 5.18. The quantitative estimate of drug-likeness (QED) is 0.856. The normalized spacial score (nSPS) is 25.7. The van der Waals surface area contributed by atoms with Gasteiger partial charge in [0.05, 0.1) is 0 Å². The number of aromatic nitrogens is 2. The van der Waals surface area contributed by atoms with Gasteiger partial charge in [0, 0.05) is 57.5 Å². The molecular weight excluding hydrogens is 338 g/mol. The fraction of sp³-hybridized carbons (Fsp3) is 0.810. The molecule has 1 saturated carbocycles. The topological polar surface area (TPSA) is 55.7 Å². The maximum atomic E-state index is 9.63. The van der Waals surface area contributed by atoms with Gasteiger partial charge in [-0.05, 0) is 38.5 Å². The van der Waals surface area contributed by atoms with E-state index >= 15 is 0 Å². The van der Waals surface area contributed by atoms with Crippen LogP contribution in [0.5, 0.6) is 0 Å². The van der Waals surface area contributed by atoms with Crippen molar-refractivity contribution in [3.63, 3.8) is 0 Å². The molecule has 2 saturated heterocycles. The zero-order chi connectivity index (χ0) is 18.5. The van der Waals surface area contributed by atoms with E-state index in [-0.39, 0.29) is 6.61 Å². The first-order valence-electron chi connectivity index (χ1n) is 11.0. The highest BCUT2D eigenvalue weighted by molar-refractivity contribution is 5.50. The van der Waals surface area contributed by atoms with Crippen LogP contribution in [-0.4, -0.2) is 71.4 Å². The number of nitrogens with zero attached hydrogens (tertiary/aromatic N) is 5. The standard InChI is InChI=1S/C21H35N5O/c27-14-9-19-16-25(12-13-26(19)18-7-3-1-4-8-18)21-15-20(22-17-23-21)24-10-5-2-6-11-24/h15,17-19,27H,1-14,16H2. The van der Waals surface area contributed by atoms with Gasteiger partial charge in [0.15, 0.2) is 0 Å². The maximum absolute atomic E-state index is 9.63. The van der Waals surface area contributed by atoms with Crippen molar-refractivity contribution in [2.45, 2.75) is 69.9 Å². The summed E-state index contributed by atoms with van der Waals surface area (Å²) < 4.78 is 0. The Morgan fingerprint density at radius 3 is 2.30 bits per heavy atom. The van der Waals surface area contributed by atoms with Gasteiger partial charge in [-0.2, -0.15) is 0 Å². The minimum atomic E-state index is 0.268. The van der Waals surface area contributed by atoms with E-state index in [9.17, 15) is 5.11 Å². The van der Waals surface area contributed by atoms with Crippen molar-refractivity contribution in [1.29, 1.82) is 0 Å². The lowest BCUT2D eigenvalue weighted by molar-refractivity contribution is 0.0756. The molecule has 6 nitrogen and oxygen atoms in total. The number of piperidine rings is 1. The van der Waals surface area contributed by atoms with Gasteiger partial charge in [0.25, 0.3) is 0 Å². The molecule has 1 aromatic heterocycles. The number of aliphatic hydroxyl groups is 1. The number of hydrogen-bond donors (Lipinski definition) is 1. The van der Waals surface area contributed by atoms with Crippen molar-refractivity contribution in [2.24, 2.45) is 0 Å². The molecule has 1 unspecified atom stereocenters. The Balaban J connectivity index is 1.45. The Kier molecular flexibility index (Phi) is 6.45.